The van der Waals surface area contributed by atoms with Crippen molar-refractivity contribution in [2.24, 2.45) is 0 Å². The van der Waals surface area contributed by atoms with Gasteiger partial charge in [0, 0.05) is 23.9 Å². The number of ether oxygens (including phenoxy) is 1. The Morgan fingerprint density at radius 3 is 2.57 bits per heavy atom. The molecule has 108 valence electrons. The Morgan fingerprint density at radius 1 is 1.10 bits per heavy atom. The van der Waals surface area contributed by atoms with Crippen LogP contribution in [0, 0.1) is 0 Å². The van der Waals surface area contributed by atoms with Crippen LogP contribution in [0.25, 0.3) is 16.4 Å². The summed E-state index contributed by atoms with van der Waals surface area (Å²) >= 11 is 0. The maximum atomic E-state index is 5.82. The average molecular weight is 283 g/mol. The van der Waals surface area contributed by atoms with Crippen molar-refractivity contribution in [3.63, 3.8) is 0 Å². The molecule has 1 aliphatic rings. The highest BCUT2D eigenvalue weighted by Gasteiger charge is 2.25. The molecule has 0 spiro atoms. The summed E-state index contributed by atoms with van der Waals surface area (Å²) in [6.45, 7) is 5.88. The normalized spacial score (nSPS) is 23.0. The first-order valence-corrected chi connectivity index (χ1v) is 7.21. The van der Waals surface area contributed by atoms with E-state index in [2.05, 4.69) is 41.1 Å². The number of fused-ring (bicyclic) bond motifs is 3. The summed E-state index contributed by atoms with van der Waals surface area (Å²) < 4.78 is 7.57. The zero-order valence-electron chi connectivity index (χ0n) is 12.1. The first-order valence-electron chi connectivity index (χ1n) is 7.21. The minimum Gasteiger partial charge on any atom is -0.372 e. The van der Waals surface area contributed by atoms with E-state index >= 15 is 0 Å². The van der Waals surface area contributed by atoms with E-state index in [9.17, 15) is 0 Å². The Hall–Kier alpha value is -2.21. The second kappa shape index (κ2) is 4.66. The average Bonchev–Trinajstić information content (AvgIpc) is 2.94. The SMILES string of the molecule is C[C@@H]1CN(c2nn3cnnc3c3ccccc23)C[C@@H](C)O1. The van der Waals surface area contributed by atoms with Crippen molar-refractivity contribution in [1.82, 2.24) is 19.8 Å². The van der Waals surface area contributed by atoms with Gasteiger partial charge in [0.1, 0.15) is 6.33 Å². The van der Waals surface area contributed by atoms with E-state index in [1.807, 2.05) is 12.1 Å². The molecular weight excluding hydrogens is 266 g/mol. The van der Waals surface area contributed by atoms with Crippen molar-refractivity contribution in [3.05, 3.63) is 30.6 Å². The van der Waals surface area contributed by atoms with Gasteiger partial charge >= 0.3 is 0 Å². The van der Waals surface area contributed by atoms with Crippen molar-refractivity contribution in [2.75, 3.05) is 18.0 Å². The third-order valence-electron chi connectivity index (χ3n) is 3.86. The van der Waals surface area contributed by atoms with Gasteiger partial charge in [-0.25, -0.2) is 0 Å². The smallest absolute Gasteiger partial charge is 0.185 e. The predicted octanol–water partition coefficient (Wildman–Crippen LogP) is 1.89. The molecule has 2 atom stereocenters. The standard InChI is InChI=1S/C15H17N5O/c1-10-7-19(8-11(2)21-10)15-13-6-4-3-5-12(13)14-17-16-9-20(14)18-15/h3-6,9-11H,7-8H2,1-2H3/t10-,11-/m1/s1. The van der Waals surface area contributed by atoms with Gasteiger partial charge in [-0.15, -0.1) is 15.3 Å². The van der Waals surface area contributed by atoms with Crippen molar-refractivity contribution >= 4 is 22.2 Å². The molecule has 1 fully saturated rings. The van der Waals surface area contributed by atoms with Gasteiger partial charge in [-0.1, -0.05) is 24.3 Å². The summed E-state index contributed by atoms with van der Waals surface area (Å²) in [6.07, 6.45) is 2.05. The molecule has 1 saturated heterocycles. The van der Waals surface area contributed by atoms with Crippen LogP contribution in [0.3, 0.4) is 0 Å². The summed E-state index contributed by atoms with van der Waals surface area (Å²) in [7, 11) is 0. The molecule has 3 heterocycles. The lowest BCUT2D eigenvalue weighted by molar-refractivity contribution is -0.00542. The summed E-state index contributed by atoms with van der Waals surface area (Å²) in [4.78, 5) is 2.29. The van der Waals surface area contributed by atoms with E-state index in [4.69, 9.17) is 9.84 Å². The molecule has 6 nitrogen and oxygen atoms in total. The fourth-order valence-corrected chi connectivity index (χ4v) is 3.09. The quantitative estimate of drug-likeness (QED) is 0.682. The number of nitrogens with zero attached hydrogens (tertiary/aromatic N) is 5. The summed E-state index contributed by atoms with van der Waals surface area (Å²) in [6, 6.07) is 8.22. The molecule has 21 heavy (non-hydrogen) atoms. The Bertz CT molecular complexity index is 789. The third kappa shape index (κ3) is 2.03. The molecule has 0 saturated carbocycles. The highest BCUT2D eigenvalue weighted by molar-refractivity contribution is 6.00. The number of aromatic nitrogens is 4. The van der Waals surface area contributed by atoms with E-state index in [0.717, 1.165) is 35.3 Å². The lowest BCUT2D eigenvalue weighted by Gasteiger charge is -2.36. The van der Waals surface area contributed by atoms with Gasteiger partial charge < -0.3 is 9.64 Å². The van der Waals surface area contributed by atoms with Crippen molar-refractivity contribution in [2.45, 2.75) is 26.1 Å². The van der Waals surface area contributed by atoms with Crippen molar-refractivity contribution in [3.8, 4) is 0 Å². The molecule has 4 rings (SSSR count). The third-order valence-corrected chi connectivity index (χ3v) is 3.86. The maximum Gasteiger partial charge on any atom is 0.185 e. The van der Waals surface area contributed by atoms with E-state index in [1.165, 1.54) is 0 Å². The fraction of sp³-hybridized carbons (Fsp3) is 0.400. The minimum atomic E-state index is 0.200. The van der Waals surface area contributed by atoms with E-state index in [-0.39, 0.29) is 12.2 Å². The van der Waals surface area contributed by atoms with Crippen LogP contribution < -0.4 is 4.90 Å². The number of benzene rings is 1. The first-order chi connectivity index (χ1) is 10.2. The fourth-order valence-electron chi connectivity index (χ4n) is 3.09. The number of rotatable bonds is 1. The number of anilines is 1. The van der Waals surface area contributed by atoms with E-state index in [0.29, 0.717) is 0 Å². The van der Waals surface area contributed by atoms with Gasteiger partial charge in [0.05, 0.1) is 12.2 Å². The summed E-state index contributed by atoms with van der Waals surface area (Å²) in [5.74, 6) is 0.972. The monoisotopic (exact) mass is 283 g/mol. The zero-order chi connectivity index (χ0) is 14.4. The predicted molar refractivity (Wildman–Crippen MR) is 80.5 cm³/mol. The van der Waals surface area contributed by atoms with Gasteiger partial charge in [-0.05, 0) is 13.8 Å². The maximum absolute atomic E-state index is 5.82. The number of hydrogen-bond donors (Lipinski definition) is 0. The van der Waals surface area contributed by atoms with Crippen LogP contribution in [-0.4, -0.2) is 45.1 Å². The molecule has 0 radical (unpaired) electrons. The molecule has 0 amide bonds. The Morgan fingerprint density at radius 2 is 1.81 bits per heavy atom. The van der Waals surface area contributed by atoms with Crippen LogP contribution in [0.1, 0.15) is 13.8 Å². The van der Waals surface area contributed by atoms with Gasteiger partial charge in [0.15, 0.2) is 11.5 Å². The second-order valence-corrected chi connectivity index (χ2v) is 5.63. The lowest BCUT2D eigenvalue weighted by atomic mass is 10.1. The molecule has 2 aromatic heterocycles. The van der Waals surface area contributed by atoms with Crippen LogP contribution in [0.15, 0.2) is 30.6 Å². The lowest BCUT2D eigenvalue weighted by Crippen LogP contribution is -2.46. The molecule has 3 aromatic rings. The minimum absolute atomic E-state index is 0.200. The van der Waals surface area contributed by atoms with Crippen LogP contribution in [-0.2, 0) is 4.74 Å². The molecule has 1 aromatic carbocycles. The molecule has 0 N–H and O–H groups in total. The van der Waals surface area contributed by atoms with Gasteiger partial charge in [-0.2, -0.15) is 4.52 Å². The number of hydrogen-bond acceptors (Lipinski definition) is 5. The van der Waals surface area contributed by atoms with Gasteiger partial charge in [0.2, 0.25) is 0 Å². The zero-order valence-corrected chi connectivity index (χ0v) is 12.1. The highest BCUT2D eigenvalue weighted by atomic mass is 16.5. The summed E-state index contributed by atoms with van der Waals surface area (Å²) in [5.41, 5.74) is 0.795. The Balaban J connectivity index is 1.93. The van der Waals surface area contributed by atoms with Crippen molar-refractivity contribution in [1.29, 1.82) is 0 Å². The van der Waals surface area contributed by atoms with Gasteiger partial charge in [0.25, 0.3) is 0 Å². The molecule has 0 aliphatic carbocycles. The second-order valence-electron chi connectivity index (χ2n) is 5.63. The van der Waals surface area contributed by atoms with E-state index in [1.54, 1.807) is 10.8 Å². The van der Waals surface area contributed by atoms with E-state index < -0.39 is 0 Å². The largest absolute Gasteiger partial charge is 0.372 e. The first kappa shape index (κ1) is 12.5. The summed E-state index contributed by atoms with van der Waals surface area (Å²) in [5, 5.41) is 15.0. The molecule has 6 heteroatoms. The molecule has 0 bridgehead atoms. The van der Waals surface area contributed by atoms with Crippen LogP contribution >= 0.6 is 0 Å². The highest BCUT2D eigenvalue weighted by Crippen LogP contribution is 2.28. The van der Waals surface area contributed by atoms with Crippen molar-refractivity contribution < 1.29 is 4.74 Å². The number of morpholine rings is 1. The topological polar surface area (TPSA) is 55.6 Å². The van der Waals surface area contributed by atoms with Crippen LogP contribution in [0.4, 0.5) is 5.82 Å². The Kier molecular flexibility index (Phi) is 2.78. The molecule has 1 aliphatic heterocycles. The van der Waals surface area contributed by atoms with Gasteiger partial charge in [-0.3, -0.25) is 0 Å². The molecular formula is C15H17N5O. The Labute approximate surface area is 122 Å². The van der Waals surface area contributed by atoms with Crippen LogP contribution in [0.5, 0.6) is 0 Å². The van der Waals surface area contributed by atoms with Crippen LogP contribution in [0.2, 0.25) is 0 Å². The molecule has 0 unspecified atom stereocenters.